The Kier molecular flexibility index (Phi) is 5.21. The summed E-state index contributed by atoms with van der Waals surface area (Å²) < 4.78 is 5.51. The number of nitrogens with one attached hydrogen (secondary N) is 1. The number of nitrogens with two attached hydrogens (primary N) is 1. The van der Waals surface area contributed by atoms with E-state index in [0.717, 1.165) is 11.1 Å². The Labute approximate surface area is 124 Å². The first-order chi connectivity index (χ1) is 10.1. The van der Waals surface area contributed by atoms with Crippen LogP contribution in [0.2, 0.25) is 0 Å². The molecule has 0 saturated carbocycles. The van der Waals surface area contributed by atoms with Crippen molar-refractivity contribution in [3.05, 3.63) is 59.7 Å². The molecule has 2 aromatic carbocycles. The molecule has 0 fully saturated rings. The number of aryl methyl sites for hydroxylation is 1. The van der Waals surface area contributed by atoms with Crippen LogP contribution in [0.4, 0.5) is 5.69 Å². The summed E-state index contributed by atoms with van der Waals surface area (Å²) in [6, 6.07) is 15.2. The standard InChI is InChI=1S/C17H20N2O2/c1-13-4-2-5-14(10-13)11-17(20)19-8-9-21-16-7-3-6-15(18)12-16/h2-7,10,12H,8-9,11,18H2,1H3,(H,19,20). The molecule has 0 radical (unpaired) electrons. The fourth-order valence-corrected chi connectivity index (χ4v) is 2.03. The Balaban J connectivity index is 1.70. The minimum atomic E-state index is -0.00299. The molecule has 0 saturated heterocycles. The number of anilines is 1. The van der Waals surface area contributed by atoms with E-state index in [1.54, 1.807) is 12.1 Å². The van der Waals surface area contributed by atoms with Crippen molar-refractivity contribution < 1.29 is 9.53 Å². The number of nitrogen functional groups attached to an aromatic ring is 1. The summed E-state index contributed by atoms with van der Waals surface area (Å²) in [5, 5.41) is 2.84. The number of carbonyl (C=O) groups excluding carboxylic acids is 1. The average molecular weight is 284 g/mol. The van der Waals surface area contributed by atoms with Crippen LogP contribution in [0.5, 0.6) is 5.75 Å². The highest BCUT2D eigenvalue weighted by Gasteiger charge is 2.03. The smallest absolute Gasteiger partial charge is 0.224 e. The van der Waals surface area contributed by atoms with Crippen molar-refractivity contribution in [1.82, 2.24) is 5.32 Å². The highest BCUT2D eigenvalue weighted by Crippen LogP contribution is 2.13. The molecule has 0 aliphatic rings. The van der Waals surface area contributed by atoms with Gasteiger partial charge in [0.05, 0.1) is 13.0 Å². The van der Waals surface area contributed by atoms with Crippen LogP contribution in [0.1, 0.15) is 11.1 Å². The van der Waals surface area contributed by atoms with E-state index in [9.17, 15) is 4.79 Å². The highest BCUT2D eigenvalue weighted by molar-refractivity contribution is 5.78. The molecule has 0 atom stereocenters. The third-order valence-corrected chi connectivity index (χ3v) is 3.00. The molecule has 0 aromatic heterocycles. The summed E-state index contributed by atoms with van der Waals surface area (Å²) in [4.78, 5) is 11.8. The number of carbonyl (C=O) groups is 1. The second-order valence-electron chi connectivity index (χ2n) is 4.94. The van der Waals surface area contributed by atoms with Gasteiger partial charge < -0.3 is 15.8 Å². The first kappa shape index (κ1) is 14.9. The molecule has 1 amide bonds. The summed E-state index contributed by atoms with van der Waals surface area (Å²) in [5.41, 5.74) is 8.50. The Bertz CT molecular complexity index is 611. The zero-order valence-corrected chi connectivity index (χ0v) is 12.1. The van der Waals surface area contributed by atoms with Crippen molar-refractivity contribution in [2.45, 2.75) is 13.3 Å². The third-order valence-electron chi connectivity index (χ3n) is 3.00. The molecule has 3 N–H and O–H groups in total. The number of hydrogen-bond donors (Lipinski definition) is 2. The number of ether oxygens (including phenoxy) is 1. The second-order valence-corrected chi connectivity index (χ2v) is 4.94. The molecule has 4 heteroatoms. The van der Waals surface area contributed by atoms with Gasteiger partial charge in [-0.15, -0.1) is 0 Å². The van der Waals surface area contributed by atoms with Crippen LogP contribution in [0, 0.1) is 6.92 Å². The lowest BCUT2D eigenvalue weighted by Gasteiger charge is -2.08. The topological polar surface area (TPSA) is 64.3 Å². The Hall–Kier alpha value is -2.49. The molecular formula is C17H20N2O2. The second kappa shape index (κ2) is 7.33. The van der Waals surface area contributed by atoms with Gasteiger partial charge in [0.15, 0.2) is 0 Å². The van der Waals surface area contributed by atoms with Crippen LogP contribution in [0.3, 0.4) is 0 Å². The van der Waals surface area contributed by atoms with Gasteiger partial charge in [-0.25, -0.2) is 0 Å². The first-order valence-electron chi connectivity index (χ1n) is 6.94. The zero-order chi connectivity index (χ0) is 15.1. The van der Waals surface area contributed by atoms with Gasteiger partial charge in [-0.05, 0) is 24.6 Å². The van der Waals surface area contributed by atoms with Crippen LogP contribution in [-0.2, 0) is 11.2 Å². The average Bonchev–Trinajstić information content (AvgIpc) is 2.44. The summed E-state index contributed by atoms with van der Waals surface area (Å²) in [6.07, 6.45) is 0.389. The predicted molar refractivity (Wildman–Crippen MR) is 84.2 cm³/mol. The minimum Gasteiger partial charge on any atom is -0.492 e. The van der Waals surface area contributed by atoms with Crippen LogP contribution in [0.15, 0.2) is 48.5 Å². The fourth-order valence-electron chi connectivity index (χ4n) is 2.03. The normalized spacial score (nSPS) is 10.1. The molecule has 21 heavy (non-hydrogen) atoms. The van der Waals surface area contributed by atoms with Crippen molar-refractivity contribution in [2.75, 3.05) is 18.9 Å². The van der Waals surface area contributed by atoms with E-state index in [2.05, 4.69) is 5.32 Å². The van der Waals surface area contributed by atoms with Gasteiger partial charge in [0.25, 0.3) is 0 Å². The van der Waals surface area contributed by atoms with Gasteiger partial charge in [-0.1, -0.05) is 35.9 Å². The van der Waals surface area contributed by atoms with Crippen LogP contribution in [-0.4, -0.2) is 19.1 Å². The van der Waals surface area contributed by atoms with Crippen LogP contribution >= 0.6 is 0 Å². The van der Waals surface area contributed by atoms with Gasteiger partial charge in [0, 0.05) is 11.8 Å². The van der Waals surface area contributed by atoms with Crippen molar-refractivity contribution >= 4 is 11.6 Å². The number of benzene rings is 2. The van der Waals surface area contributed by atoms with E-state index < -0.39 is 0 Å². The lowest BCUT2D eigenvalue weighted by molar-refractivity contribution is -0.120. The van der Waals surface area contributed by atoms with Gasteiger partial charge >= 0.3 is 0 Å². The molecule has 0 bridgehead atoms. The molecule has 110 valence electrons. The quantitative estimate of drug-likeness (QED) is 0.632. The van der Waals surface area contributed by atoms with E-state index >= 15 is 0 Å². The molecule has 0 unspecified atom stereocenters. The van der Waals surface area contributed by atoms with Gasteiger partial charge in [0.1, 0.15) is 12.4 Å². The van der Waals surface area contributed by atoms with E-state index in [4.69, 9.17) is 10.5 Å². The molecule has 0 aliphatic carbocycles. The SMILES string of the molecule is Cc1cccc(CC(=O)NCCOc2cccc(N)c2)c1. The molecule has 4 nitrogen and oxygen atoms in total. The van der Waals surface area contributed by atoms with Crippen LogP contribution in [0.25, 0.3) is 0 Å². The summed E-state index contributed by atoms with van der Waals surface area (Å²) in [7, 11) is 0. The number of hydrogen-bond acceptors (Lipinski definition) is 3. The van der Waals surface area contributed by atoms with Crippen molar-refractivity contribution in [3.8, 4) is 5.75 Å². The Morgan fingerprint density at radius 1 is 1.19 bits per heavy atom. The van der Waals surface area contributed by atoms with E-state index in [-0.39, 0.29) is 5.91 Å². The summed E-state index contributed by atoms with van der Waals surface area (Å²) in [6.45, 7) is 2.91. The lowest BCUT2D eigenvalue weighted by Crippen LogP contribution is -2.29. The minimum absolute atomic E-state index is 0.00299. The van der Waals surface area contributed by atoms with Crippen molar-refractivity contribution in [2.24, 2.45) is 0 Å². The molecule has 0 heterocycles. The number of amides is 1. The lowest BCUT2D eigenvalue weighted by atomic mass is 10.1. The van der Waals surface area contributed by atoms with Crippen molar-refractivity contribution in [1.29, 1.82) is 0 Å². The molecule has 0 spiro atoms. The summed E-state index contributed by atoms with van der Waals surface area (Å²) in [5.74, 6) is 0.708. The molecular weight excluding hydrogens is 264 g/mol. The van der Waals surface area contributed by atoms with E-state index in [1.807, 2.05) is 43.3 Å². The summed E-state index contributed by atoms with van der Waals surface area (Å²) >= 11 is 0. The largest absolute Gasteiger partial charge is 0.492 e. The van der Waals surface area contributed by atoms with Gasteiger partial charge in [-0.2, -0.15) is 0 Å². The van der Waals surface area contributed by atoms with Gasteiger partial charge in [0.2, 0.25) is 5.91 Å². The number of rotatable bonds is 6. The van der Waals surface area contributed by atoms with E-state index in [1.165, 1.54) is 0 Å². The Morgan fingerprint density at radius 3 is 2.76 bits per heavy atom. The van der Waals surface area contributed by atoms with Crippen LogP contribution < -0.4 is 15.8 Å². The monoisotopic (exact) mass is 284 g/mol. The predicted octanol–water partition coefficient (Wildman–Crippen LogP) is 2.31. The maximum Gasteiger partial charge on any atom is 0.224 e. The maximum absolute atomic E-state index is 11.8. The Morgan fingerprint density at radius 2 is 2.00 bits per heavy atom. The maximum atomic E-state index is 11.8. The highest BCUT2D eigenvalue weighted by atomic mass is 16.5. The third kappa shape index (κ3) is 5.18. The van der Waals surface area contributed by atoms with Crippen molar-refractivity contribution in [3.63, 3.8) is 0 Å². The molecule has 0 aliphatic heterocycles. The van der Waals surface area contributed by atoms with E-state index in [0.29, 0.717) is 31.0 Å². The first-order valence-corrected chi connectivity index (χ1v) is 6.94. The molecule has 2 aromatic rings. The van der Waals surface area contributed by atoms with Gasteiger partial charge in [-0.3, -0.25) is 4.79 Å². The fraction of sp³-hybridized carbons (Fsp3) is 0.235. The zero-order valence-electron chi connectivity index (χ0n) is 12.1. The molecule has 2 rings (SSSR count).